The Hall–Kier alpha value is -1.13. The zero-order valence-electron chi connectivity index (χ0n) is 11.3. The fraction of sp³-hybridized carbons (Fsp3) is 0.600. The SMILES string of the molecule is CC(NCC1(CO)CCCC1)c1ccc(O)cc1F. The van der Waals surface area contributed by atoms with Crippen LogP contribution in [0.25, 0.3) is 0 Å². The van der Waals surface area contributed by atoms with Gasteiger partial charge in [-0.05, 0) is 25.8 Å². The molecule has 0 amide bonds. The molecule has 106 valence electrons. The fourth-order valence-electron chi connectivity index (χ4n) is 2.86. The van der Waals surface area contributed by atoms with Crippen molar-refractivity contribution in [2.75, 3.05) is 13.2 Å². The summed E-state index contributed by atoms with van der Waals surface area (Å²) < 4.78 is 13.7. The van der Waals surface area contributed by atoms with E-state index >= 15 is 0 Å². The van der Waals surface area contributed by atoms with Crippen molar-refractivity contribution in [1.29, 1.82) is 0 Å². The van der Waals surface area contributed by atoms with Gasteiger partial charge in [0.2, 0.25) is 0 Å². The largest absolute Gasteiger partial charge is 0.508 e. The first-order valence-corrected chi connectivity index (χ1v) is 6.89. The van der Waals surface area contributed by atoms with Crippen molar-refractivity contribution in [3.8, 4) is 5.75 Å². The summed E-state index contributed by atoms with van der Waals surface area (Å²) in [6.07, 6.45) is 4.37. The summed E-state index contributed by atoms with van der Waals surface area (Å²) in [5, 5.41) is 22.1. The van der Waals surface area contributed by atoms with E-state index < -0.39 is 5.82 Å². The van der Waals surface area contributed by atoms with Crippen molar-refractivity contribution in [2.24, 2.45) is 5.41 Å². The number of nitrogens with one attached hydrogen (secondary N) is 1. The van der Waals surface area contributed by atoms with Crippen LogP contribution in [0.4, 0.5) is 4.39 Å². The summed E-state index contributed by atoms with van der Waals surface area (Å²) in [4.78, 5) is 0. The summed E-state index contributed by atoms with van der Waals surface area (Å²) in [5.74, 6) is -0.458. The third-order valence-electron chi connectivity index (χ3n) is 4.23. The first-order chi connectivity index (χ1) is 9.06. The molecule has 3 nitrogen and oxygen atoms in total. The average molecular weight is 267 g/mol. The van der Waals surface area contributed by atoms with Crippen molar-refractivity contribution >= 4 is 0 Å². The van der Waals surface area contributed by atoms with Crippen LogP contribution in [0, 0.1) is 11.2 Å². The molecule has 1 aromatic carbocycles. The second-order valence-electron chi connectivity index (χ2n) is 5.67. The number of halogens is 1. The third-order valence-corrected chi connectivity index (χ3v) is 4.23. The molecule has 0 heterocycles. The maximum Gasteiger partial charge on any atom is 0.131 e. The standard InChI is InChI=1S/C15H22FNO2/c1-11(13-5-4-12(19)8-14(13)16)17-9-15(10-18)6-2-3-7-15/h4-5,8,11,17-19H,2-3,6-7,9-10H2,1H3. The molecule has 0 radical (unpaired) electrons. The molecule has 2 rings (SSSR count). The number of hydrogen-bond acceptors (Lipinski definition) is 3. The van der Waals surface area contributed by atoms with E-state index in [1.54, 1.807) is 6.07 Å². The van der Waals surface area contributed by atoms with Crippen LogP contribution >= 0.6 is 0 Å². The van der Waals surface area contributed by atoms with Crippen LogP contribution in [0.1, 0.15) is 44.2 Å². The molecule has 1 fully saturated rings. The Bertz CT molecular complexity index is 430. The highest BCUT2D eigenvalue weighted by Gasteiger charge is 2.33. The molecule has 19 heavy (non-hydrogen) atoms. The maximum atomic E-state index is 13.7. The molecule has 1 aliphatic rings. The fourth-order valence-corrected chi connectivity index (χ4v) is 2.86. The Morgan fingerprint density at radius 3 is 2.63 bits per heavy atom. The third kappa shape index (κ3) is 3.25. The summed E-state index contributed by atoms with van der Waals surface area (Å²) in [7, 11) is 0. The number of rotatable bonds is 5. The van der Waals surface area contributed by atoms with Gasteiger partial charge in [-0.15, -0.1) is 0 Å². The van der Waals surface area contributed by atoms with Gasteiger partial charge in [0, 0.05) is 36.2 Å². The van der Waals surface area contributed by atoms with Gasteiger partial charge in [-0.2, -0.15) is 0 Å². The lowest BCUT2D eigenvalue weighted by molar-refractivity contribution is 0.125. The Labute approximate surface area is 113 Å². The summed E-state index contributed by atoms with van der Waals surface area (Å²) in [6.45, 7) is 2.78. The van der Waals surface area contributed by atoms with Gasteiger partial charge in [-0.25, -0.2) is 4.39 Å². The van der Waals surface area contributed by atoms with E-state index in [4.69, 9.17) is 0 Å². The Morgan fingerprint density at radius 2 is 2.05 bits per heavy atom. The number of benzene rings is 1. The van der Waals surface area contributed by atoms with E-state index in [9.17, 15) is 14.6 Å². The Balaban J connectivity index is 1.99. The highest BCUT2D eigenvalue weighted by Crippen LogP contribution is 2.37. The van der Waals surface area contributed by atoms with Gasteiger partial charge in [-0.1, -0.05) is 18.9 Å². The maximum absolute atomic E-state index is 13.7. The molecule has 1 saturated carbocycles. The molecule has 0 saturated heterocycles. The summed E-state index contributed by atoms with van der Waals surface area (Å²) >= 11 is 0. The normalized spacial score (nSPS) is 19.5. The van der Waals surface area contributed by atoms with Gasteiger partial charge in [0.1, 0.15) is 11.6 Å². The van der Waals surface area contributed by atoms with Crippen LogP contribution in [0.15, 0.2) is 18.2 Å². The van der Waals surface area contributed by atoms with Gasteiger partial charge in [0.15, 0.2) is 0 Å². The second-order valence-corrected chi connectivity index (χ2v) is 5.67. The van der Waals surface area contributed by atoms with E-state index in [2.05, 4.69) is 5.32 Å². The van der Waals surface area contributed by atoms with Crippen LogP contribution < -0.4 is 5.32 Å². The lowest BCUT2D eigenvalue weighted by atomic mass is 9.87. The number of aromatic hydroxyl groups is 1. The van der Waals surface area contributed by atoms with Gasteiger partial charge in [0.05, 0.1) is 0 Å². The molecule has 0 aromatic heterocycles. The molecule has 1 aliphatic carbocycles. The van der Waals surface area contributed by atoms with Crippen LogP contribution in [0.3, 0.4) is 0 Å². The average Bonchev–Trinajstić information content (AvgIpc) is 2.85. The number of phenolic OH excluding ortho intramolecular Hbond substituents is 1. The molecule has 1 aromatic rings. The minimum absolute atomic E-state index is 0.0400. The van der Waals surface area contributed by atoms with Gasteiger partial charge >= 0.3 is 0 Å². The zero-order chi connectivity index (χ0) is 13.9. The lowest BCUT2D eigenvalue weighted by Crippen LogP contribution is -2.36. The Morgan fingerprint density at radius 1 is 1.37 bits per heavy atom. The van der Waals surface area contributed by atoms with Crippen LogP contribution in [0.2, 0.25) is 0 Å². The van der Waals surface area contributed by atoms with Crippen LogP contribution in [0.5, 0.6) is 5.75 Å². The second kappa shape index (κ2) is 5.88. The zero-order valence-corrected chi connectivity index (χ0v) is 11.3. The first kappa shape index (κ1) is 14.3. The van der Waals surface area contributed by atoms with Gasteiger partial charge in [-0.3, -0.25) is 0 Å². The number of aliphatic hydroxyl groups excluding tert-OH is 1. The number of phenols is 1. The van der Waals surface area contributed by atoms with E-state index in [1.807, 2.05) is 6.92 Å². The van der Waals surface area contributed by atoms with Crippen LogP contribution in [-0.4, -0.2) is 23.4 Å². The molecular formula is C15H22FNO2. The minimum atomic E-state index is -0.399. The highest BCUT2D eigenvalue weighted by atomic mass is 19.1. The molecule has 4 heteroatoms. The van der Waals surface area contributed by atoms with Crippen molar-refractivity contribution in [2.45, 2.75) is 38.6 Å². The van der Waals surface area contributed by atoms with E-state index in [0.717, 1.165) is 31.7 Å². The van der Waals surface area contributed by atoms with E-state index in [1.165, 1.54) is 6.07 Å². The van der Waals surface area contributed by atoms with E-state index in [0.29, 0.717) is 12.1 Å². The predicted molar refractivity (Wildman–Crippen MR) is 72.5 cm³/mol. The smallest absolute Gasteiger partial charge is 0.131 e. The van der Waals surface area contributed by atoms with Gasteiger partial charge < -0.3 is 15.5 Å². The predicted octanol–water partition coefficient (Wildman–Crippen LogP) is 2.73. The molecule has 0 bridgehead atoms. The highest BCUT2D eigenvalue weighted by molar-refractivity contribution is 5.29. The van der Waals surface area contributed by atoms with Crippen molar-refractivity contribution in [1.82, 2.24) is 5.32 Å². The number of hydrogen-bond donors (Lipinski definition) is 3. The summed E-state index contributed by atoms with van der Waals surface area (Å²) in [6, 6.07) is 4.09. The molecule has 0 aliphatic heterocycles. The number of aliphatic hydroxyl groups is 1. The topological polar surface area (TPSA) is 52.5 Å². The quantitative estimate of drug-likeness (QED) is 0.769. The molecule has 1 atom stereocenters. The first-order valence-electron chi connectivity index (χ1n) is 6.89. The van der Waals surface area contributed by atoms with Crippen LogP contribution in [-0.2, 0) is 0 Å². The summed E-state index contributed by atoms with van der Waals surface area (Å²) in [5.41, 5.74) is 0.505. The molecule has 3 N–H and O–H groups in total. The lowest BCUT2D eigenvalue weighted by Gasteiger charge is -2.29. The molecule has 1 unspecified atom stereocenters. The molecular weight excluding hydrogens is 245 g/mol. The van der Waals surface area contributed by atoms with Gasteiger partial charge in [0.25, 0.3) is 0 Å². The van der Waals surface area contributed by atoms with E-state index in [-0.39, 0.29) is 23.8 Å². The van der Waals surface area contributed by atoms with Crippen molar-refractivity contribution < 1.29 is 14.6 Å². The minimum Gasteiger partial charge on any atom is -0.508 e. The Kier molecular flexibility index (Phi) is 4.42. The molecule has 0 spiro atoms. The van der Waals surface area contributed by atoms with Crippen molar-refractivity contribution in [3.63, 3.8) is 0 Å². The monoisotopic (exact) mass is 267 g/mol. The van der Waals surface area contributed by atoms with Crippen molar-refractivity contribution in [3.05, 3.63) is 29.6 Å².